The first-order valence-electron chi connectivity index (χ1n) is 2.92. The second-order valence-electron chi connectivity index (χ2n) is 1.87. The minimum atomic E-state index is 0.347. The SMILES string of the molecule is CO[NH2+]c1ccc(Cl)nc1Cl. The number of rotatable bonds is 2. The largest absolute Gasteiger partial charge is 0.218 e. The van der Waals surface area contributed by atoms with Crippen molar-refractivity contribution in [3.8, 4) is 0 Å². The highest BCUT2D eigenvalue weighted by atomic mass is 35.5. The molecule has 0 saturated carbocycles. The van der Waals surface area contributed by atoms with Crippen LogP contribution in [-0.2, 0) is 4.84 Å². The first-order chi connectivity index (χ1) is 5.24. The summed E-state index contributed by atoms with van der Waals surface area (Å²) < 4.78 is 0. The average Bonchev–Trinajstić information content (AvgIpc) is 1.95. The minimum Gasteiger partial charge on any atom is -0.218 e. The van der Waals surface area contributed by atoms with E-state index >= 15 is 0 Å². The Bertz CT molecular complexity index is 254. The molecule has 0 spiro atoms. The molecule has 0 fully saturated rings. The summed E-state index contributed by atoms with van der Waals surface area (Å²) in [5.74, 6) is 0. The van der Waals surface area contributed by atoms with Crippen LogP contribution >= 0.6 is 23.2 Å². The Balaban J connectivity index is 2.90. The molecule has 0 unspecified atom stereocenters. The molecule has 0 bridgehead atoms. The van der Waals surface area contributed by atoms with E-state index in [-0.39, 0.29) is 0 Å². The van der Waals surface area contributed by atoms with Crippen LogP contribution in [0.15, 0.2) is 12.1 Å². The zero-order valence-corrected chi connectivity index (χ0v) is 7.36. The van der Waals surface area contributed by atoms with Gasteiger partial charge in [0.1, 0.15) is 5.15 Å². The van der Waals surface area contributed by atoms with Gasteiger partial charge in [0, 0.05) is 6.07 Å². The zero-order valence-electron chi connectivity index (χ0n) is 5.84. The van der Waals surface area contributed by atoms with Crippen LogP contribution in [0.3, 0.4) is 0 Å². The molecular weight excluding hydrogens is 187 g/mol. The van der Waals surface area contributed by atoms with Crippen LogP contribution in [0.25, 0.3) is 0 Å². The molecule has 60 valence electrons. The molecule has 1 heterocycles. The second-order valence-corrected chi connectivity index (χ2v) is 2.61. The maximum absolute atomic E-state index is 5.70. The van der Waals surface area contributed by atoms with Crippen molar-refractivity contribution in [2.45, 2.75) is 0 Å². The van der Waals surface area contributed by atoms with Crippen LogP contribution in [0.1, 0.15) is 0 Å². The van der Waals surface area contributed by atoms with Crippen LogP contribution in [0, 0.1) is 0 Å². The van der Waals surface area contributed by atoms with Gasteiger partial charge in [-0.1, -0.05) is 23.2 Å². The fourth-order valence-electron chi connectivity index (χ4n) is 0.638. The van der Waals surface area contributed by atoms with E-state index in [0.29, 0.717) is 10.3 Å². The van der Waals surface area contributed by atoms with Gasteiger partial charge in [0.05, 0.1) is 7.11 Å². The zero-order chi connectivity index (χ0) is 8.27. The smallest absolute Gasteiger partial charge is 0.199 e. The van der Waals surface area contributed by atoms with Crippen LogP contribution in [0.5, 0.6) is 0 Å². The molecule has 11 heavy (non-hydrogen) atoms. The molecule has 0 aliphatic heterocycles. The van der Waals surface area contributed by atoms with Gasteiger partial charge in [0.15, 0.2) is 10.8 Å². The van der Waals surface area contributed by atoms with E-state index < -0.39 is 0 Å². The highest BCUT2D eigenvalue weighted by Crippen LogP contribution is 2.16. The van der Waals surface area contributed by atoms with E-state index in [2.05, 4.69) is 4.98 Å². The maximum atomic E-state index is 5.70. The van der Waals surface area contributed by atoms with Crippen molar-refractivity contribution in [1.29, 1.82) is 0 Å². The number of hydrogen-bond donors (Lipinski definition) is 1. The number of hydrogen-bond acceptors (Lipinski definition) is 2. The number of quaternary nitrogens is 1. The Morgan fingerprint density at radius 3 is 2.73 bits per heavy atom. The summed E-state index contributed by atoms with van der Waals surface area (Å²) in [6.07, 6.45) is 0. The predicted octanol–water partition coefficient (Wildman–Crippen LogP) is 1.14. The Hall–Kier alpha value is -0.350. The lowest BCUT2D eigenvalue weighted by atomic mass is 10.4. The fourth-order valence-corrected chi connectivity index (χ4v) is 1.03. The van der Waals surface area contributed by atoms with Crippen molar-refractivity contribution in [1.82, 2.24) is 4.98 Å². The van der Waals surface area contributed by atoms with Crippen molar-refractivity contribution in [3.05, 3.63) is 22.4 Å². The van der Waals surface area contributed by atoms with Gasteiger partial charge in [-0.25, -0.2) is 9.82 Å². The molecule has 1 rings (SSSR count). The monoisotopic (exact) mass is 193 g/mol. The fraction of sp³-hybridized carbons (Fsp3) is 0.167. The summed E-state index contributed by atoms with van der Waals surface area (Å²) in [7, 11) is 1.55. The molecule has 0 saturated heterocycles. The lowest BCUT2D eigenvalue weighted by Crippen LogP contribution is -2.76. The Labute approximate surface area is 74.2 Å². The first kappa shape index (κ1) is 8.74. The topological polar surface area (TPSA) is 38.7 Å². The second kappa shape index (κ2) is 3.88. The normalized spacial score (nSPS) is 10.1. The summed E-state index contributed by atoms with van der Waals surface area (Å²) in [5, 5.41) is 0.725. The molecule has 0 aromatic carbocycles. The minimum absolute atomic E-state index is 0.347. The van der Waals surface area contributed by atoms with E-state index in [9.17, 15) is 0 Å². The van der Waals surface area contributed by atoms with E-state index in [1.165, 1.54) is 5.48 Å². The highest BCUT2D eigenvalue weighted by Gasteiger charge is 2.05. The summed E-state index contributed by atoms with van der Waals surface area (Å²) >= 11 is 11.3. The highest BCUT2D eigenvalue weighted by molar-refractivity contribution is 6.33. The number of nitrogens with two attached hydrogens (primary N) is 1. The van der Waals surface area contributed by atoms with Crippen LogP contribution in [-0.4, -0.2) is 12.1 Å². The standard InChI is InChI=1S/C6H6Cl2N2O/c1-11-10-4-2-3-5(7)9-6(4)8/h2-3,10H,1H3/p+1. The molecule has 0 atom stereocenters. The molecule has 3 nitrogen and oxygen atoms in total. The summed E-state index contributed by atoms with van der Waals surface area (Å²) in [4.78, 5) is 8.57. The Morgan fingerprint density at radius 1 is 1.45 bits per heavy atom. The predicted molar refractivity (Wildman–Crippen MR) is 42.9 cm³/mol. The van der Waals surface area contributed by atoms with Gasteiger partial charge in [0.2, 0.25) is 0 Å². The van der Waals surface area contributed by atoms with Gasteiger partial charge in [-0.05, 0) is 6.07 Å². The van der Waals surface area contributed by atoms with Gasteiger partial charge < -0.3 is 0 Å². The van der Waals surface area contributed by atoms with Crippen LogP contribution in [0.2, 0.25) is 10.3 Å². The molecular formula is C6H7Cl2N2O+. The molecule has 2 N–H and O–H groups in total. The number of aromatic nitrogens is 1. The van der Waals surface area contributed by atoms with Crippen molar-refractivity contribution < 1.29 is 10.3 Å². The maximum Gasteiger partial charge on any atom is 0.199 e. The summed E-state index contributed by atoms with van der Waals surface area (Å²) in [6.45, 7) is 0. The number of pyridine rings is 1. The lowest BCUT2D eigenvalue weighted by Gasteiger charge is -1.97. The van der Waals surface area contributed by atoms with E-state index in [0.717, 1.165) is 5.69 Å². The molecule has 5 heteroatoms. The summed E-state index contributed by atoms with van der Waals surface area (Å²) in [6, 6.07) is 3.39. The number of halogens is 2. The van der Waals surface area contributed by atoms with E-state index in [4.69, 9.17) is 28.0 Å². The van der Waals surface area contributed by atoms with E-state index in [1.54, 1.807) is 19.2 Å². The average molecular weight is 194 g/mol. The Kier molecular flexibility index (Phi) is 3.08. The molecule has 1 aromatic rings. The van der Waals surface area contributed by atoms with Gasteiger partial charge in [-0.3, -0.25) is 0 Å². The lowest BCUT2D eigenvalue weighted by molar-refractivity contribution is -0.830. The number of nitrogens with zero attached hydrogens (tertiary/aromatic N) is 1. The first-order valence-corrected chi connectivity index (χ1v) is 3.67. The third kappa shape index (κ3) is 2.31. The quantitative estimate of drug-likeness (QED) is 0.566. The van der Waals surface area contributed by atoms with Crippen molar-refractivity contribution >= 4 is 28.9 Å². The third-order valence-corrected chi connectivity index (χ3v) is 1.60. The van der Waals surface area contributed by atoms with Crippen LogP contribution in [0.4, 0.5) is 5.69 Å². The van der Waals surface area contributed by atoms with Crippen LogP contribution < -0.4 is 5.48 Å². The Morgan fingerprint density at radius 2 is 2.18 bits per heavy atom. The summed E-state index contributed by atoms with van der Waals surface area (Å²) in [5.41, 5.74) is 2.23. The van der Waals surface area contributed by atoms with Gasteiger partial charge in [0.25, 0.3) is 0 Å². The van der Waals surface area contributed by atoms with Gasteiger partial charge in [-0.2, -0.15) is 5.48 Å². The molecule has 0 radical (unpaired) electrons. The molecule has 0 aliphatic rings. The van der Waals surface area contributed by atoms with Crippen molar-refractivity contribution in [2.75, 3.05) is 7.11 Å². The molecule has 0 amide bonds. The molecule has 1 aromatic heterocycles. The van der Waals surface area contributed by atoms with Crippen molar-refractivity contribution in [3.63, 3.8) is 0 Å². The third-order valence-electron chi connectivity index (χ3n) is 1.09. The van der Waals surface area contributed by atoms with Crippen molar-refractivity contribution in [2.24, 2.45) is 0 Å². The van der Waals surface area contributed by atoms with Gasteiger partial charge >= 0.3 is 0 Å². The van der Waals surface area contributed by atoms with E-state index in [1.807, 2.05) is 0 Å². The van der Waals surface area contributed by atoms with Gasteiger partial charge in [-0.15, -0.1) is 0 Å². The molecule has 0 aliphatic carbocycles.